The smallest absolute Gasteiger partial charge is 0.106 e. The Morgan fingerprint density at radius 2 is 0.667 bits per heavy atom. The molecule has 0 spiro atoms. The van der Waals surface area contributed by atoms with Gasteiger partial charge in [-0.25, -0.2) is 5.11 Å². The Bertz CT molecular complexity index is 348. The Hall–Kier alpha value is -0.0400. The molecule has 1 atom stereocenters. The first-order valence-electron chi connectivity index (χ1n) is 15.8. The summed E-state index contributed by atoms with van der Waals surface area (Å²) in [6, 6.07) is 0. The van der Waals surface area contributed by atoms with E-state index in [1.165, 1.54) is 154 Å². The highest BCUT2D eigenvalue weighted by Gasteiger charge is 2.36. The molecular formula is C32H65O. The van der Waals surface area contributed by atoms with Crippen LogP contribution < -0.4 is 0 Å². The number of rotatable bonds is 27. The molecule has 1 unspecified atom stereocenters. The molecule has 0 fully saturated rings. The topological polar surface area (TPSA) is 19.9 Å². The molecule has 0 N–H and O–H groups in total. The van der Waals surface area contributed by atoms with Crippen molar-refractivity contribution in [3.63, 3.8) is 0 Å². The van der Waals surface area contributed by atoms with Crippen molar-refractivity contribution in [2.75, 3.05) is 0 Å². The molecule has 199 valence electrons. The van der Waals surface area contributed by atoms with Crippen LogP contribution in [-0.2, 0) is 5.11 Å². The van der Waals surface area contributed by atoms with E-state index in [1.54, 1.807) is 0 Å². The second kappa shape index (κ2) is 25.1. The third kappa shape index (κ3) is 19.9. The second-order valence-electron chi connectivity index (χ2n) is 11.2. The molecule has 1 radical (unpaired) electrons. The van der Waals surface area contributed by atoms with Crippen LogP contribution in [0.1, 0.15) is 195 Å². The fourth-order valence-corrected chi connectivity index (χ4v) is 5.60. The van der Waals surface area contributed by atoms with E-state index in [0.29, 0.717) is 5.92 Å². The van der Waals surface area contributed by atoms with Crippen molar-refractivity contribution in [1.29, 1.82) is 0 Å². The first kappa shape index (κ1) is 33.0. The first-order valence-corrected chi connectivity index (χ1v) is 15.8. The third-order valence-corrected chi connectivity index (χ3v) is 7.96. The lowest BCUT2D eigenvalue weighted by Crippen LogP contribution is -2.37. The minimum atomic E-state index is -0.648. The summed E-state index contributed by atoms with van der Waals surface area (Å²) in [5.74, 6) is 0.423. The standard InChI is InChI=1S/C32H65O/c1-5-9-13-17-20-24-28-31(27-23-16-12-8-4)32(33,29-25-21-18-14-10-6-2)30-26-22-19-15-11-7-3/h31H,5-30H2,1-4H3. The molecule has 0 aliphatic heterocycles. The van der Waals surface area contributed by atoms with E-state index in [4.69, 9.17) is 0 Å². The van der Waals surface area contributed by atoms with Crippen molar-refractivity contribution in [3.05, 3.63) is 0 Å². The van der Waals surface area contributed by atoms with Gasteiger partial charge in [0.2, 0.25) is 0 Å². The van der Waals surface area contributed by atoms with Crippen LogP contribution in [0, 0.1) is 5.92 Å². The van der Waals surface area contributed by atoms with Crippen molar-refractivity contribution in [3.8, 4) is 0 Å². The molecule has 0 aromatic carbocycles. The number of hydrogen-bond acceptors (Lipinski definition) is 0. The van der Waals surface area contributed by atoms with E-state index in [-0.39, 0.29) is 0 Å². The van der Waals surface area contributed by atoms with Gasteiger partial charge in [0.25, 0.3) is 0 Å². The summed E-state index contributed by atoms with van der Waals surface area (Å²) >= 11 is 0. The summed E-state index contributed by atoms with van der Waals surface area (Å²) in [5, 5.41) is 14.4. The molecule has 0 rings (SSSR count). The van der Waals surface area contributed by atoms with E-state index in [1.807, 2.05) is 0 Å². The Morgan fingerprint density at radius 3 is 1.03 bits per heavy atom. The molecule has 0 bridgehead atoms. The largest absolute Gasteiger partial charge is 0.229 e. The molecule has 0 aromatic rings. The zero-order valence-electron chi connectivity index (χ0n) is 23.9. The van der Waals surface area contributed by atoms with Crippen LogP contribution in [0.15, 0.2) is 0 Å². The van der Waals surface area contributed by atoms with Gasteiger partial charge in [0.15, 0.2) is 0 Å². The fraction of sp³-hybridized carbons (Fsp3) is 1.00. The minimum Gasteiger partial charge on any atom is -0.229 e. The predicted octanol–water partition coefficient (Wildman–Crippen LogP) is 12.0. The molecule has 0 amide bonds. The Labute approximate surface area is 211 Å². The quantitative estimate of drug-likeness (QED) is 0.107. The van der Waals surface area contributed by atoms with Gasteiger partial charge in [0.1, 0.15) is 5.60 Å². The lowest BCUT2D eigenvalue weighted by molar-refractivity contribution is -0.0998. The Balaban J connectivity index is 4.85. The van der Waals surface area contributed by atoms with Crippen LogP contribution in [0.3, 0.4) is 0 Å². The van der Waals surface area contributed by atoms with E-state index in [0.717, 1.165) is 12.8 Å². The molecule has 33 heavy (non-hydrogen) atoms. The SMILES string of the molecule is CCCCCCCCC(CCCCCC)C([O])(CCCCCCCC)CCCCCCCC. The number of unbranched alkanes of at least 4 members (excludes halogenated alkanes) is 18. The third-order valence-electron chi connectivity index (χ3n) is 7.96. The van der Waals surface area contributed by atoms with Crippen LogP contribution in [0.2, 0.25) is 0 Å². The summed E-state index contributed by atoms with van der Waals surface area (Å²) in [4.78, 5) is 0. The Kier molecular flexibility index (Phi) is 25.0. The molecule has 0 heterocycles. The fourth-order valence-electron chi connectivity index (χ4n) is 5.60. The normalized spacial score (nSPS) is 13.0. The minimum absolute atomic E-state index is 0.423. The number of hydrogen-bond donors (Lipinski definition) is 0. The lowest BCUT2D eigenvalue weighted by atomic mass is 9.74. The maximum Gasteiger partial charge on any atom is 0.106 e. The van der Waals surface area contributed by atoms with Crippen LogP contribution in [0.25, 0.3) is 0 Å². The summed E-state index contributed by atoms with van der Waals surface area (Å²) in [6.07, 6.45) is 33.2. The van der Waals surface area contributed by atoms with Crippen molar-refractivity contribution >= 4 is 0 Å². The maximum absolute atomic E-state index is 14.4. The van der Waals surface area contributed by atoms with Crippen LogP contribution in [0.4, 0.5) is 0 Å². The molecule has 1 nitrogen and oxygen atoms in total. The molecular weight excluding hydrogens is 400 g/mol. The van der Waals surface area contributed by atoms with Crippen molar-refractivity contribution in [2.45, 2.75) is 200 Å². The van der Waals surface area contributed by atoms with E-state index in [9.17, 15) is 5.11 Å². The maximum atomic E-state index is 14.4. The van der Waals surface area contributed by atoms with Gasteiger partial charge in [-0.05, 0) is 31.6 Å². The molecule has 0 saturated heterocycles. The van der Waals surface area contributed by atoms with E-state index in [2.05, 4.69) is 27.7 Å². The highest BCUT2D eigenvalue weighted by molar-refractivity contribution is 4.86. The lowest BCUT2D eigenvalue weighted by Gasteiger charge is -2.35. The van der Waals surface area contributed by atoms with Gasteiger partial charge in [-0.1, -0.05) is 169 Å². The van der Waals surface area contributed by atoms with Crippen molar-refractivity contribution < 1.29 is 5.11 Å². The van der Waals surface area contributed by atoms with E-state index < -0.39 is 5.60 Å². The monoisotopic (exact) mass is 466 g/mol. The van der Waals surface area contributed by atoms with Gasteiger partial charge in [-0.3, -0.25) is 0 Å². The summed E-state index contributed by atoms with van der Waals surface area (Å²) < 4.78 is 0. The molecule has 0 aromatic heterocycles. The van der Waals surface area contributed by atoms with Gasteiger partial charge >= 0.3 is 0 Å². The second-order valence-corrected chi connectivity index (χ2v) is 11.2. The molecule has 1 heteroatoms. The van der Waals surface area contributed by atoms with Gasteiger partial charge < -0.3 is 0 Å². The highest BCUT2D eigenvalue weighted by Crippen LogP contribution is 2.38. The van der Waals surface area contributed by atoms with E-state index >= 15 is 0 Å². The molecule has 0 saturated carbocycles. The Morgan fingerprint density at radius 1 is 0.394 bits per heavy atom. The average Bonchev–Trinajstić information content (AvgIpc) is 2.82. The summed E-state index contributed by atoms with van der Waals surface area (Å²) in [5.41, 5.74) is -0.648. The average molecular weight is 466 g/mol. The van der Waals surface area contributed by atoms with Gasteiger partial charge in [0.05, 0.1) is 0 Å². The van der Waals surface area contributed by atoms with Gasteiger partial charge in [0, 0.05) is 0 Å². The van der Waals surface area contributed by atoms with Crippen molar-refractivity contribution in [2.24, 2.45) is 5.92 Å². The van der Waals surface area contributed by atoms with Crippen LogP contribution in [-0.4, -0.2) is 5.60 Å². The molecule has 0 aliphatic rings. The molecule has 0 aliphatic carbocycles. The zero-order chi connectivity index (χ0) is 24.5. The highest BCUT2D eigenvalue weighted by atomic mass is 16.3. The predicted molar refractivity (Wildman–Crippen MR) is 150 cm³/mol. The van der Waals surface area contributed by atoms with Gasteiger partial charge in [-0.2, -0.15) is 0 Å². The summed E-state index contributed by atoms with van der Waals surface area (Å²) in [6.45, 7) is 9.16. The van der Waals surface area contributed by atoms with Crippen LogP contribution >= 0.6 is 0 Å². The summed E-state index contributed by atoms with van der Waals surface area (Å²) in [7, 11) is 0. The zero-order valence-corrected chi connectivity index (χ0v) is 23.9. The van der Waals surface area contributed by atoms with Crippen LogP contribution in [0.5, 0.6) is 0 Å². The first-order chi connectivity index (χ1) is 16.1. The van der Waals surface area contributed by atoms with Crippen molar-refractivity contribution in [1.82, 2.24) is 0 Å². The van der Waals surface area contributed by atoms with Gasteiger partial charge in [-0.15, -0.1) is 0 Å².